The number of aryl methyl sites for hydroxylation is 1. The molecule has 0 saturated heterocycles. The minimum Gasteiger partial charge on any atom is -0.347 e. The van der Waals surface area contributed by atoms with Crippen LogP contribution in [0.5, 0.6) is 0 Å². The van der Waals surface area contributed by atoms with Crippen molar-refractivity contribution >= 4 is 17.5 Å². The molecule has 0 aliphatic rings. The van der Waals surface area contributed by atoms with Crippen LogP contribution in [0.15, 0.2) is 79.3 Å². The fourth-order valence-electron chi connectivity index (χ4n) is 3.52. The molecule has 0 atom stereocenters. The zero-order chi connectivity index (χ0) is 23.6. The van der Waals surface area contributed by atoms with Gasteiger partial charge in [0.2, 0.25) is 0 Å². The Morgan fingerprint density at radius 2 is 1.79 bits per heavy atom. The first-order chi connectivity index (χ1) is 15.7. The predicted octanol–water partition coefficient (Wildman–Crippen LogP) is 6.45. The second-order valence-corrected chi connectivity index (χ2v) is 7.90. The molecule has 0 aliphatic heterocycles. The number of nitrogens with one attached hydrogen (secondary N) is 1. The number of carbonyl (C=O) groups excluding carboxylic acids is 1. The molecule has 4 rings (SSSR count). The Morgan fingerprint density at radius 3 is 2.48 bits per heavy atom. The van der Waals surface area contributed by atoms with Crippen molar-refractivity contribution in [2.24, 2.45) is 0 Å². The summed E-state index contributed by atoms with van der Waals surface area (Å²) in [5, 5.41) is 2.77. The molecule has 0 saturated carbocycles. The monoisotopic (exact) mass is 469 g/mol. The summed E-state index contributed by atoms with van der Waals surface area (Å²) in [5.41, 5.74) is 3.64. The van der Waals surface area contributed by atoms with E-state index in [0.717, 1.165) is 34.5 Å². The zero-order valence-corrected chi connectivity index (χ0v) is 18.3. The second kappa shape index (κ2) is 9.11. The molecule has 4 nitrogen and oxygen atoms in total. The van der Waals surface area contributed by atoms with Crippen LogP contribution in [0.25, 0.3) is 16.8 Å². The van der Waals surface area contributed by atoms with E-state index in [1.54, 1.807) is 4.57 Å². The molecule has 8 heteroatoms. The quantitative estimate of drug-likeness (QED) is 0.365. The van der Waals surface area contributed by atoms with Gasteiger partial charge in [-0.05, 0) is 59.5 Å². The van der Waals surface area contributed by atoms with Crippen molar-refractivity contribution in [1.29, 1.82) is 0 Å². The first-order valence-electron chi connectivity index (χ1n) is 10.1. The summed E-state index contributed by atoms with van der Waals surface area (Å²) in [5.74, 6) is -0.482. The van der Waals surface area contributed by atoms with E-state index < -0.39 is 17.6 Å². The predicted molar refractivity (Wildman–Crippen MR) is 121 cm³/mol. The van der Waals surface area contributed by atoms with Gasteiger partial charge >= 0.3 is 6.18 Å². The molecule has 0 unspecified atom stereocenters. The van der Waals surface area contributed by atoms with Crippen molar-refractivity contribution in [3.05, 3.63) is 107 Å². The first kappa shape index (κ1) is 22.6. The number of benzene rings is 3. The molecule has 168 valence electrons. The lowest BCUT2D eigenvalue weighted by Gasteiger charge is -2.13. The number of rotatable bonds is 5. The highest BCUT2D eigenvalue weighted by Crippen LogP contribution is 2.32. The number of carbonyl (C=O) groups is 1. The van der Waals surface area contributed by atoms with E-state index in [0.29, 0.717) is 0 Å². The summed E-state index contributed by atoms with van der Waals surface area (Å²) in [6, 6.07) is 18.7. The van der Waals surface area contributed by atoms with Gasteiger partial charge in [0.15, 0.2) is 0 Å². The van der Waals surface area contributed by atoms with E-state index in [9.17, 15) is 18.0 Å². The minimum absolute atomic E-state index is 0.142. The van der Waals surface area contributed by atoms with E-state index in [1.165, 1.54) is 18.6 Å². The smallest absolute Gasteiger partial charge is 0.347 e. The molecule has 1 amide bonds. The van der Waals surface area contributed by atoms with E-state index in [-0.39, 0.29) is 22.8 Å². The Morgan fingerprint density at radius 1 is 1.06 bits per heavy atom. The highest BCUT2D eigenvalue weighted by Gasteiger charge is 2.31. The molecule has 0 radical (unpaired) electrons. The zero-order valence-electron chi connectivity index (χ0n) is 17.5. The molecule has 4 aromatic rings. The minimum atomic E-state index is -4.49. The number of hydrogen-bond acceptors (Lipinski definition) is 2. The van der Waals surface area contributed by atoms with Crippen molar-refractivity contribution in [1.82, 2.24) is 14.9 Å². The van der Waals surface area contributed by atoms with Crippen LogP contribution < -0.4 is 5.32 Å². The van der Waals surface area contributed by atoms with E-state index in [1.807, 2.05) is 55.5 Å². The van der Waals surface area contributed by atoms with Crippen LogP contribution in [-0.2, 0) is 12.7 Å². The standard InChI is InChI=1S/C25H19ClF3N3O/c1-16-4-2-3-5-21(16)17-6-9-20(10-7-17)32-15-30-14-23(32)24(33)31-13-18-12-19(25(27,28)29)8-11-22(18)26/h2-12,14-15H,13H2,1H3,(H,31,33). The van der Waals surface area contributed by atoms with Gasteiger partial charge in [0.05, 0.1) is 18.1 Å². The number of halogens is 4. The number of aromatic nitrogens is 2. The molecule has 3 aromatic carbocycles. The van der Waals surface area contributed by atoms with Gasteiger partial charge in [-0.3, -0.25) is 9.36 Å². The highest BCUT2D eigenvalue weighted by atomic mass is 35.5. The third kappa shape index (κ3) is 4.93. The van der Waals surface area contributed by atoms with Gasteiger partial charge in [-0.2, -0.15) is 13.2 Å². The van der Waals surface area contributed by atoms with Crippen LogP contribution in [0, 0.1) is 6.92 Å². The second-order valence-electron chi connectivity index (χ2n) is 7.50. The van der Waals surface area contributed by atoms with Gasteiger partial charge in [-0.15, -0.1) is 0 Å². The third-order valence-corrected chi connectivity index (χ3v) is 5.65. The molecular formula is C25H19ClF3N3O. The average Bonchev–Trinajstić information content (AvgIpc) is 3.28. The molecule has 1 aromatic heterocycles. The molecule has 33 heavy (non-hydrogen) atoms. The van der Waals surface area contributed by atoms with E-state index in [2.05, 4.69) is 10.3 Å². The number of alkyl halides is 3. The normalized spacial score (nSPS) is 11.4. The van der Waals surface area contributed by atoms with Gasteiger partial charge in [-0.1, -0.05) is 48.0 Å². The lowest BCUT2D eigenvalue weighted by molar-refractivity contribution is -0.137. The van der Waals surface area contributed by atoms with Crippen LogP contribution in [0.1, 0.15) is 27.2 Å². The van der Waals surface area contributed by atoms with E-state index in [4.69, 9.17) is 11.6 Å². The summed E-state index contributed by atoms with van der Waals surface area (Å²) in [4.78, 5) is 16.8. The maximum absolute atomic E-state index is 13.0. The topological polar surface area (TPSA) is 46.9 Å². The molecular weight excluding hydrogens is 451 g/mol. The van der Waals surface area contributed by atoms with Crippen LogP contribution >= 0.6 is 11.6 Å². The van der Waals surface area contributed by atoms with Crippen molar-refractivity contribution in [3.8, 4) is 16.8 Å². The van der Waals surface area contributed by atoms with Crippen molar-refractivity contribution in [2.75, 3.05) is 0 Å². The summed E-state index contributed by atoms with van der Waals surface area (Å²) < 4.78 is 40.6. The SMILES string of the molecule is Cc1ccccc1-c1ccc(-n2cncc2C(=O)NCc2cc(C(F)(F)F)ccc2Cl)cc1. The summed E-state index contributed by atoms with van der Waals surface area (Å²) in [7, 11) is 0. The maximum atomic E-state index is 13.0. The molecule has 0 fully saturated rings. The van der Waals surface area contributed by atoms with Crippen LogP contribution in [0.2, 0.25) is 5.02 Å². The average molecular weight is 470 g/mol. The molecule has 0 aliphatic carbocycles. The number of imidazole rings is 1. The summed E-state index contributed by atoms with van der Waals surface area (Å²) >= 11 is 6.02. The van der Waals surface area contributed by atoms with Gasteiger partial charge < -0.3 is 5.32 Å². The Hall–Kier alpha value is -3.58. The fraction of sp³-hybridized carbons (Fsp3) is 0.120. The fourth-order valence-corrected chi connectivity index (χ4v) is 3.70. The van der Waals surface area contributed by atoms with Gasteiger partial charge in [0.25, 0.3) is 5.91 Å². The Balaban J connectivity index is 1.52. The molecule has 0 bridgehead atoms. The van der Waals surface area contributed by atoms with Gasteiger partial charge in [0, 0.05) is 17.3 Å². The largest absolute Gasteiger partial charge is 0.416 e. The molecule has 0 spiro atoms. The van der Waals surface area contributed by atoms with Crippen LogP contribution in [-0.4, -0.2) is 15.5 Å². The Bertz CT molecular complexity index is 1300. The van der Waals surface area contributed by atoms with Crippen molar-refractivity contribution in [3.63, 3.8) is 0 Å². The lowest BCUT2D eigenvalue weighted by Crippen LogP contribution is -2.25. The van der Waals surface area contributed by atoms with Crippen molar-refractivity contribution < 1.29 is 18.0 Å². The van der Waals surface area contributed by atoms with Gasteiger partial charge in [-0.25, -0.2) is 4.98 Å². The Labute approximate surface area is 193 Å². The molecule has 1 N–H and O–H groups in total. The van der Waals surface area contributed by atoms with Crippen LogP contribution in [0.3, 0.4) is 0 Å². The number of nitrogens with zero attached hydrogens (tertiary/aromatic N) is 2. The first-order valence-corrected chi connectivity index (χ1v) is 10.4. The highest BCUT2D eigenvalue weighted by molar-refractivity contribution is 6.31. The van der Waals surface area contributed by atoms with E-state index >= 15 is 0 Å². The van der Waals surface area contributed by atoms with Gasteiger partial charge in [0.1, 0.15) is 5.69 Å². The Kier molecular flexibility index (Phi) is 6.24. The summed E-state index contributed by atoms with van der Waals surface area (Å²) in [6.07, 6.45) is -1.58. The lowest BCUT2D eigenvalue weighted by atomic mass is 10.0. The van der Waals surface area contributed by atoms with Crippen LogP contribution in [0.4, 0.5) is 13.2 Å². The third-order valence-electron chi connectivity index (χ3n) is 5.29. The summed E-state index contributed by atoms with van der Waals surface area (Å²) in [6.45, 7) is 1.89. The maximum Gasteiger partial charge on any atom is 0.416 e. The van der Waals surface area contributed by atoms with Crippen molar-refractivity contribution in [2.45, 2.75) is 19.6 Å². The number of amides is 1. The number of hydrogen-bond donors (Lipinski definition) is 1. The molecule has 1 heterocycles.